The molecule has 1 heterocycles. The van der Waals surface area contributed by atoms with E-state index in [2.05, 4.69) is 18.8 Å². The van der Waals surface area contributed by atoms with E-state index in [1.165, 1.54) is 6.20 Å². The van der Waals surface area contributed by atoms with Crippen molar-refractivity contribution in [1.29, 1.82) is 0 Å². The lowest BCUT2D eigenvalue weighted by Gasteiger charge is -2.09. The Morgan fingerprint density at radius 3 is 2.88 bits per heavy atom. The highest BCUT2D eigenvalue weighted by Crippen LogP contribution is 2.18. The average Bonchev–Trinajstić information content (AvgIpc) is 2.65. The van der Waals surface area contributed by atoms with Gasteiger partial charge >= 0.3 is 5.97 Å². The van der Waals surface area contributed by atoms with E-state index in [4.69, 9.17) is 14.9 Å². The normalized spacial score (nSPS) is 12.8. The van der Waals surface area contributed by atoms with Crippen LogP contribution in [0, 0.1) is 5.92 Å². The van der Waals surface area contributed by atoms with E-state index < -0.39 is 5.97 Å². The molecule has 0 aliphatic rings. The first-order valence-corrected chi connectivity index (χ1v) is 5.43. The van der Waals surface area contributed by atoms with Gasteiger partial charge in [0.1, 0.15) is 0 Å². The molecule has 1 rings (SSSR count). The molecule has 1 aromatic rings. The number of hydrogen-bond acceptors (Lipinski definition) is 5. The summed E-state index contributed by atoms with van der Waals surface area (Å²) in [5, 5.41) is 0. The van der Waals surface area contributed by atoms with Crippen LogP contribution in [0.4, 0.5) is 0 Å². The van der Waals surface area contributed by atoms with Gasteiger partial charge in [0.2, 0.25) is 11.7 Å². The number of esters is 1. The zero-order chi connectivity index (χ0) is 12.1. The predicted molar refractivity (Wildman–Crippen MR) is 58.8 cm³/mol. The third-order valence-corrected chi connectivity index (χ3v) is 2.04. The number of nitrogens with zero attached hydrogens (tertiary/aromatic N) is 1. The molecule has 5 nitrogen and oxygen atoms in total. The molecule has 0 saturated carbocycles. The maximum absolute atomic E-state index is 11.3. The Hall–Kier alpha value is -1.36. The van der Waals surface area contributed by atoms with Crippen LogP contribution in [0.25, 0.3) is 0 Å². The summed E-state index contributed by atoms with van der Waals surface area (Å²) in [7, 11) is 0. The van der Waals surface area contributed by atoms with Crippen molar-refractivity contribution >= 4 is 5.97 Å². The van der Waals surface area contributed by atoms with Crippen LogP contribution in [0.1, 0.15) is 49.7 Å². The number of aromatic nitrogens is 1. The van der Waals surface area contributed by atoms with Crippen LogP contribution >= 0.6 is 0 Å². The fraction of sp³-hybridized carbons (Fsp3) is 0.636. The number of carbonyl (C=O) groups excluding carboxylic acids is 1. The molecule has 16 heavy (non-hydrogen) atoms. The summed E-state index contributed by atoms with van der Waals surface area (Å²) < 4.78 is 10.0. The Labute approximate surface area is 95.0 Å². The number of hydrogen-bond donors (Lipinski definition) is 1. The quantitative estimate of drug-likeness (QED) is 0.776. The maximum Gasteiger partial charge on any atom is 0.375 e. The van der Waals surface area contributed by atoms with Crippen molar-refractivity contribution in [3.8, 4) is 0 Å². The highest BCUT2D eigenvalue weighted by molar-refractivity contribution is 5.85. The molecule has 1 unspecified atom stereocenters. The summed E-state index contributed by atoms with van der Waals surface area (Å²) in [4.78, 5) is 15.3. The van der Waals surface area contributed by atoms with E-state index in [1.807, 2.05) is 0 Å². The van der Waals surface area contributed by atoms with Crippen molar-refractivity contribution in [2.75, 3.05) is 6.61 Å². The fourth-order valence-electron chi connectivity index (χ4n) is 1.36. The Bertz CT molecular complexity index is 347. The van der Waals surface area contributed by atoms with Crippen molar-refractivity contribution in [2.45, 2.75) is 33.2 Å². The number of nitrogens with two attached hydrogens (primary N) is 1. The Morgan fingerprint density at radius 1 is 1.62 bits per heavy atom. The molecule has 1 atom stereocenters. The monoisotopic (exact) mass is 226 g/mol. The second-order valence-electron chi connectivity index (χ2n) is 4.02. The van der Waals surface area contributed by atoms with Gasteiger partial charge in [0.05, 0.1) is 18.8 Å². The maximum atomic E-state index is 11.3. The molecule has 5 heteroatoms. The van der Waals surface area contributed by atoms with Crippen LogP contribution in [0.15, 0.2) is 10.6 Å². The summed E-state index contributed by atoms with van der Waals surface area (Å²) >= 11 is 0. The van der Waals surface area contributed by atoms with Gasteiger partial charge in [-0.15, -0.1) is 0 Å². The topological polar surface area (TPSA) is 78.3 Å². The van der Waals surface area contributed by atoms with E-state index in [-0.39, 0.29) is 11.8 Å². The summed E-state index contributed by atoms with van der Waals surface area (Å²) in [5.41, 5.74) is 5.88. The molecule has 0 spiro atoms. The SMILES string of the molecule is CCOC(=O)c1cnc(C(N)CC(C)C)o1. The minimum atomic E-state index is -0.502. The minimum Gasteiger partial charge on any atom is -0.460 e. The lowest BCUT2D eigenvalue weighted by Crippen LogP contribution is -2.13. The van der Waals surface area contributed by atoms with Gasteiger partial charge < -0.3 is 14.9 Å². The molecule has 90 valence electrons. The average molecular weight is 226 g/mol. The van der Waals surface area contributed by atoms with Crippen LogP contribution in [0.5, 0.6) is 0 Å². The molecule has 0 amide bonds. The van der Waals surface area contributed by atoms with Gasteiger partial charge in [-0.05, 0) is 19.3 Å². The number of carbonyl (C=O) groups is 1. The van der Waals surface area contributed by atoms with E-state index in [0.717, 1.165) is 6.42 Å². The van der Waals surface area contributed by atoms with Crippen molar-refractivity contribution < 1.29 is 13.9 Å². The second-order valence-corrected chi connectivity index (χ2v) is 4.02. The smallest absolute Gasteiger partial charge is 0.375 e. The summed E-state index contributed by atoms with van der Waals surface area (Å²) in [5.74, 6) is 0.443. The van der Waals surface area contributed by atoms with Crippen LogP contribution < -0.4 is 5.73 Å². The van der Waals surface area contributed by atoms with Gasteiger partial charge in [-0.1, -0.05) is 13.8 Å². The van der Waals surface area contributed by atoms with Gasteiger partial charge in [-0.25, -0.2) is 9.78 Å². The zero-order valence-corrected chi connectivity index (χ0v) is 9.90. The van der Waals surface area contributed by atoms with Crippen LogP contribution in [-0.2, 0) is 4.74 Å². The Balaban J connectivity index is 2.67. The molecule has 0 radical (unpaired) electrons. The highest BCUT2D eigenvalue weighted by atomic mass is 16.5. The Kier molecular flexibility index (Phi) is 4.49. The molecule has 2 N–H and O–H groups in total. The van der Waals surface area contributed by atoms with Crippen LogP contribution in [0.2, 0.25) is 0 Å². The van der Waals surface area contributed by atoms with Crippen molar-refractivity contribution in [3.63, 3.8) is 0 Å². The number of ether oxygens (including phenoxy) is 1. The van der Waals surface area contributed by atoms with E-state index in [0.29, 0.717) is 18.4 Å². The Morgan fingerprint density at radius 2 is 2.31 bits per heavy atom. The minimum absolute atomic E-state index is 0.107. The van der Waals surface area contributed by atoms with Crippen LogP contribution in [0.3, 0.4) is 0 Å². The summed E-state index contributed by atoms with van der Waals surface area (Å²) in [6.45, 7) is 6.18. The van der Waals surface area contributed by atoms with E-state index in [9.17, 15) is 4.79 Å². The van der Waals surface area contributed by atoms with Crippen LogP contribution in [-0.4, -0.2) is 17.6 Å². The van der Waals surface area contributed by atoms with Gasteiger partial charge in [-0.3, -0.25) is 0 Å². The largest absolute Gasteiger partial charge is 0.460 e. The van der Waals surface area contributed by atoms with Crippen molar-refractivity contribution in [3.05, 3.63) is 17.8 Å². The first kappa shape index (κ1) is 12.7. The number of oxazole rings is 1. The van der Waals surface area contributed by atoms with Crippen molar-refractivity contribution in [2.24, 2.45) is 11.7 Å². The molecule has 0 aliphatic heterocycles. The van der Waals surface area contributed by atoms with Crippen molar-refractivity contribution in [1.82, 2.24) is 4.98 Å². The molecule has 0 saturated heterocycles. The lowest BCUT2D eigenvalue weighted by atomic mass is 10.0. The summed E-state index contributed by atoms with van der Waals surface area (Å²) in [6.07, 6.45) is 2.12. The van der Waals surface area contributed by atoms with Gasteiger partial charge in [0, 0.05) is 0 Å². The second kappa shape index (κ2) is 5.65. The molecule has 0 fully saturated rings. The lowest BCUT2D eigenvalue weighted by molar-refractivity contribution is 0.0487. The van der Waals surface area contributed by atoms with E-state index in [1.54, 1.807) is 6.92 Å². The molecular formula is C11H18N2O3. The molecule has 1 aromatic heterocycles. The first-order valence-electron chi connectivity index (χ1n) is 5.43. The predicted octanol–water partition coefficient (Wildman–Crippen LogP) is 1.90. The summed E-state index contributed by atoms with van der Waals surface area (Å²) in [6, 6.07) is -0.275. The molecular weight excluding hydrogens is 208 g/mol. The molecule has 0 bridgehead atoms. The fourth-order valence-corrected chi connectivity index (χ4v) is 1.36. The van der Waals surface area contributed by atoms with Gasteiger partial charge in [0.25, 0.3) is 0 Å². The standard InChI is InChI=1S/C11H18N2O3/c1-4-15-11(14)9-6-13-10(16-9)8(12)5-7(2)3/h6-8H,4-5,12H2,1-3H3. The molecule has 0 aromatic carbocycles. The van der Waals surface area contributed by atoms with E-state index >= 15 is 0 Å². The third kappa shape index (κ3) is 3.34. The number of rotatable bonds is 5. The zero-order valence-electron chi connectivity index (χ0n) is 9.90. The third-order valence-electron chi connectivity index (χ3n) is 2.04. The van der Waals surface area contributed by atoms with Gasteiger partial charge in [0.15, 0.2) is 0 Å². The molecule has 0 aliphatic carbocycles. The van der Waals surface area contributed by atoms with Gasteiger partial charge in [-0.2, -0.15) is 0 Å². The first-order chi connectivity index (χ1) is 7.54. The highest BCUT2D eigenvalue weighted by Gasteiger charge is 2.18.